The number of pyridine rings is 1. The number of amides is 1. The number of fused-ring (bicyclic) bond motifs is 1. The van der Waals surface area contributed by atoms with Crippen molar-refractivity contribution in [1.82, 2.24) is 10.3 Å². The van der Waals surface area contributed by atoms with Gasteiger partial charge in [0, 0.05) is 31.2 Å². The summed E-state index contributed by atoms with van der Waals surface area (Å²) in [6.45, 7) is 1.16. The minimum absolute atomic E-state index is 0.128. The number of nitrogens with zero attached hydrogens (tertiary/aromatic N) is 1. The average molecular weight is 380 g/mol. The van der Waals surface area contributed by atoms with Crippen LogP contribution in [0.25, 0.3) is 22.2 Å². The van der Waals surface area contributed by atoms with Crippen molar-refractivity contribution in [2.45, 2.75) is 6.42 Å². The Morgan fingerprint density at radius 3 is 2.54 bits per heavy atom. The van der Waals surface area contributed by atoms with Crippen LogP contribution in [0.4, 0.5) is 0 Å². The van der Waals surface area contributed by atoms with Gasteiger partial charge in [-0.25, -0.2) is 4.98 Å². The van der Waals surface area contributed by atoms with Crippen molar-refractivity contribution in [2.75, 3.05) is 34.5 Å². The third-order valence-electron chi connectivity index (χ3n) is 4.45. The van der Waals surface area contributed by atoms with Crippen molar-refractivity contribution >= 4 is 16.8 Å². The smallest absolute Gasteiger partial charge is 0.252 e. The van der Waals surface area contributed by atoms with Crippen molar-refractivity contribution in [1.29, 1.82) is 0 Å². The molecule has 6 heteroatoms. The van der Waals surface area contributed by atoms with Crippen LogP contribution in [0, 0.1) is 0 Å². The largest absolute Gasteiger partial charge is 0.493 e. The van der Waals surface area contributed by atoms with Crippen LogP contribution in [-0.4, -0.2) is 45.4 Å². The lowest BCUT2D eigenvalue weighted by molar-refractivity contribution is 0.0950. The molecule has 0 saturated heterocycles. The van der Waals surface area contributed by atoms with E-state index in [1.54, 1.807) is 21.3 Å². The topological polar surface area (TPSA) is 69.7 Å². The van der Waals surface area contributed by atoms with Crippen LogP contribution >= 0.6 is 0 Å². The molecule has 0 atom stereocenters. The van der Waals surface area contributed by atoms with Crippen molar-refractivity contribution in [3.05, 3.63) is 54.1 Å². The van der Waals surface area contributed by atoms with E-state index >= 15 is 0 Å². The molecule has 0 spiro atoms. The molecule has 28 heavy (non-hydrogen) atoms. The predicted octanol–water partition coefficient (Wildman–Crippen LogP) is 3.69. The summed E-state index contributed by atoms with van der Waals surface area (Å²) in [4.78, 5) is 17.5. The standard InChI is InChI=1S/C22H24N2O4/c1-26-12-6-11-23-22(25)17-14-19(24-18-8-5-4-7-16(17)18)15-9-10-20(27-2)21(13-15)28-3/h4-5,7-10,13-14H,6,11-12H2,1-3H3,(H,23,25). The van der Waals surface area contributed by atoms with E-state index in [4.69, 9.17) is 19.2 Å². The van der Waals surface area contributed by atoms with Crippen molar-refractivity contribution < 1.29 is 19.0 Å². The van der Waals surface area contributed by atoms with E-state index < -0.39 is 0 Å². The summed E-state index contributed by atoms with van der Waals surface area (Å²) in [7, 11) is 4.83. The highest BCUT2D eigenvalue weighted by atomic mass is 16.5. The van der Waals surface area contributed by atoms with Gasteiger partial charge < -0.3 is 19.5 Å². The van der Waals surface area contributed by atoms with Gasteiger partial charge in [0.2, 0.25) is 0 Å². The minimum Gasteiger partial charge on any atom is -0.493 e. The molecule has 3 rings (SSSR count). The lowest BCUT2D eigenvalue weighted by atomic mass is 10.0. The van der Waals surface area contributed by atoms with Gasteiger partial charge in [-0.15, -0.1) is 0 Å². The number of nitrogens with one attached hydrogen (secondary N) is 1. The first kappa shape index (κ1) is 19.6. The van der Waals surface area contributed by atoms with Gasteiger partial charge in [-0.1, -0.05) is 18.2 Å². The Morgan fingerprint density at radius 1 is 1.00 bits per heavy atom. The molecule has 0 aliphatic heterocycles. The van der Waals surface area contributed by atoms with Gasteiger partial charge in [0.1, 0.15) is 0 Å². The zero-order valence-electron chi connectivity index (χ0n) is 16.3. The van der Waals surface area contributed by atoms with Gasteiger partial charge in [-0.3, -0.25) is 4.79 Å². The number of ether oxygens (including phenoxy) is 3. The van der Waals surface area contributed by atoms with Gasteiger partial charge in [0.25, 0.3) is 5.91 Å². The molecule has 0 unspecified atom stereocenters. The molecule has 0 aliphatic rings. The molecular formula is C22H24N2O4. The number of rotatable bonds is 8. The minimum atomic E-state index is -0.128. The summed E-state index contributed by atoms with van der Waals surface area (Å²) in [6, 6.07) is 15.0. The van der Waals surface area contributed by atoms with Gasteiger partial charge in [0.15, 0.2) is 11.5 Å². The third kappa shape index (κ3) is 4.23. The van der Waals surface area contributed by atoms with Gasteiger partial charge in [-0.05, 0) is 36.8 Å². The summed E-state index contributed by atoms with van der Waals surface area (Å²) >= 11 is 0. The van der Waals surface area contributed by atoms with Crippen molar-refractivity contribution in [3.63, 3.8) is 0 Å². The molecule has 6 nitrogen and oxygen atoms in total. The van der Waals surface area contributed by atoms with Crippen LogP contribution < -0.4 is 14.8 Å². The number of para-hydroxylation sites is 1. The molecule has 0 bridgehead atoms. The van der Waals surface area contributed by atoms with Crippen LogP contribution in [0.2, 0.25) is 0 Å². The number of benzene rings is 2. The lowest BCUT2D eigenvalue weighted by Gasteiger charge is -2.12. The number of methoxy groups -OCH3 is 3. The van der Waals surface area contributed by atoms with E-state index in [0.717, 1.165) is 22.9 Å². The van der Waals surface area contributed by atoms with Gasteiger partial charge in [0.05, 0.1) is 31.0 Å². The molecule has 0 saturated carbocycles. The second-order valence-corrected chi connectivity index (χ2v) is 6.24. The third-order valence-corrected chi connectivity index (χ3v) is 4.45. The lowest BCUT2D eigenvalue weighted by Crippen LogP contribution is -2.25. The first-order valence-corrected chi connectivity index (χ1v) is 9.07. The molecule has 0 fully saturated rings. The first-order chi connectivity index (χ1) is 13.7. The normalized spacial score (nSPS) is 10.7. The maximum Gasteiger partial charge on any atom is 0.252 e. The Labute approximate surface area is 164 Å². The fraction of sp³-hybridized carbons (Fsp3) is 0.273. The maximum atomic E-state index is 12.8. The molecule has 146 valence electrons. The molecule has 1 aromatic heterocycles. The second-order valence-electron chi connectivity index (χ2n) is 6.24. The molecule has 1 heterocycles. The number of carbonyl (C=O) groups excluding carboxylic acids is 1. The molecule has 3 aromatic rings. The van der Waals surface area contributed by atoms with E-state index in [-0.39, 0.29) is 5.91 Å². The zero-order chi connectivity index (χ0) is 19.9. The number of aromatic nitrogens is 1. The summed E-state index contributed by atoms with van der Waals surface area (Å²) in [5.74, 6) is 1.13. The number of hydrogen-bond acceptors (Lipinski definition) is 5. The fourth-order valence-electron chi connectivity index (χ4n) is 3.02. The Kier molecular flexibility index (Phi) is 6.45. The zero-order valence-corrected chi connectivity index (χ0v) is 16.3. The van der Waals surface area contributed by atoms with Crippen LogP contribution in [0.1, 0.15) is 16.8 Å². The maximum absolute atomic E-state index is 12.8. The Morgan fingerprint density at radius 2 is 1.79 bits per heavy atom. The quantitative estimate of drug-likeness (QED) is 0.604. The highest BCUT2D eigenvalue weighted by Crippen LogP contribution is 2.33. The molecule has 1 amide bonds. The van der Waals surface area contributed by atoms with Crippen LogP contribution in [0.3, 0.4) is 0 Å². The highest BCUT2D eigenvalue weighted by molar-refractivity contribution is 6.07. The molecule has 0 radical (unpaired) electrons. The number of carbonyl (C=O) groups is 1. The summed E-state index contributed by atoms with van der Waals surface area (Å²) < 4.78 is 15.7. The first-order valence-electron chi connectivity index (χ1n) is 9.07. The average Bonchev–Trinajstić information content (AvgIpc) is 2.75. The Hall–Kier alpha value is -3.12. The number of hydrogen-bond donors (Lipinski definition) is 1. The van der Waals surface area contributed by atoms with E-state index in [1.165, 1.54) is 0 Å². The molecule has 1 N–H and O–H groups in total. The second kappa shape index (κ2) is 9.19. The van der Waals surface area contributed by atoms with Crippen LogP contribution in [0.5, 0.6) is 11.5 Å². The van der Waals surface area contributed by atoms with Crippen molar-refractivity contribution in [2.24, 2.45) is 0 Å². The van der Waals surface area contributed by atoms with E-state index in [2.05, 4.69) is 5.32 Å². The highest BCUT2D eigenvalue weighted by Gasteiger charge is 2.15. The van der Waals surface area contributed by atoms with Gasteiger partial charge >= 0.3 is 0 Å². The monoisotopic (exact) mass is 380 g/mol. The van der Waals surface area contributed by atoms with Crippen molar-refractivity contribution in [3.8, 4) is 22.8 Å². The van der Waals surface area contributed by atoms with E-state index in [0.29, 0.717) is 35.9 Å². The molecular weight excluding hydrogens is 356 g/mol. The summed E-state index contributed by atoms with van der Waals surface area (Å²) in [5, 5.41) is 3.77. The summed E-state index contributed by atoms with van der Waals surface area (Å²) in [6.07, 6.45) is 0.758. The summed E-state index contributed by atoms with van der Waals surface area (Å²) in [5.41, 5.74) is 2.89. The fourth-order valence-corrected chi connectivity index (χ4v) is 3.02. The SMILES string of the molecule is COCCCNC(=O)c1cc(-c2ccc(OC)c(OC)c2)nc2ccccc12. The van der Waals surface area contributed by atoms with Crippen LogP contribution in [0.15, 0.2) is 48.5 Å². The van der Waals surface area contributed by atoms with E-state index in [1.807, 2.05) is 48.5 Å². The Balaban J connectivity index is 2.01. The van der Waals surface area contributed by atoms with Crippen LogP contribution in [-0.2, 0) is 4.74 Å². The Bertz CT molecular complexity index is 972. The molecule has 2 aromatic carbocycles. The van der Waals surface area contributed by atoms with Gasteiger partial charge in [-0.2, -0.15) is 0 Å². The predicted molar refractivity (Wildman–Crippen MR) is 109 cm³/mol. The van der Waals surface area contributed by atoms with E-state index in [9.17, 15) is 4.79 Å². The molecule has 0 aliphatic carbocycles.